The van der Waals surface area contributed by atoms with Crippen LogP contribution in [-0.4, -0.2) is 48.3 Å². The molecule has 0 radical (unpaired) electrons. The molecule has 0 spiro atoms. The fourth-order valence-electron chi connectivity index (χ4n) is 3.48. The van der Waals surface area contributed by atoms with E-state index in [1.54, 1.807) is 0 Å². The maximum Gasteiger partial charge on any atom is 0.0710 e. The van der Waals surface area contributed by atoms with E-state index in [0.29, 0.717) is 12.1 Å². The zero-order valence-corrected chi connectivity index (χ0v) is 12.1. The van der Waals surface area contributed by atoms with Gasteiger partial charge in [-0.25, -0.2) is 0 Å². The highest BCUT2D eigenvalue weighted by atomic mass is 16.5. The van der Waals surface area contributed by atoms with Gasteiger partial charge in [-0.1, -0.05) is 0 Å². The van der Waals surface area contributed by atoms with Crippen LogP contribution in [0.15, 0.2) is 0 Å². The number of rotatable bonds is 3. The third kappa shape index (κ3) is 2.89. The van der Waals surface area contributed by atoms with Crippen molar-refractivity contribution in [3.63, 3.8) is 0 Å². The first-order chi connectivity index (χ1) is 8.53. The van der Waals surface area contributed by atoms with Crippen molar-refractivity contribution < 1.29 is 4.74 Å². The van der Waals surface area contributed by atoms with Gasteiger partial charge in [-0.05, 0) is 52.4 Å². The molecule has 0 aromatic heterocycles. The summed E-state index contributed by atoms with van der Waals surface area (Å²) in [7, 11) is 0. The van der Waals surface area contributed by atoms with Crippen LogP contribution in [0, 0.1) is 5.92 Å². The lowest BCUT2D eigenvalue weighted by molar-refractivity contribution is -0.0377. The maximum absolute atomic E-state index is 6.15. The average molecular weight is 252 g/mol. The molecule has 3 atom stereocenters. The summed E-state index contributed by atoms with van der Waals surface area (Å²) in [6.45, 7) is 10.3. The molecule has 3 unspecified atom stereocenters. The van der Waals surface area contributed by atoms with Crippen molar-refractivity contribution in [2.45, 2.75) is 70.2 Å². The summed E-state index contributed by atoms with van der Waals surface area (Å²) >= 11 is 0. The van der Waals surface area contributed by atoms with Crippen LogP contribution in [0.3, 0.4) is 0 Å². The Balaban J connectivity index is 1.54. The molecule has 0 bridgehead atoms. The van der Waals surface area contributed by atoms with E-state index in [-0.39, 0.29) is 5.60 Å². The summed E-state index contributed by atoms with van der Waals surface area (Å²) in [5, 5.41) is 3.72. The molecule has 104 valence electrons. The molecule has 0 aromatic rings. The SMILES string of the molecule is CC1CNC(C2CC2)CN1CC1CCC(C)(C)O1. The van der Waals surface area contributed by atoms with Crippen molar-refractivity contribution in [2.24, 2.45) is 5.92 Å². The van der Waals surface area contributed by atoms with Gasteiger partial charge in [0.1, 0.15) is 0 Å². The van der Waals surface area contributed by atoms with Gasteiger partial charge in [0.2, 0.25) is 0 Å². The molecule has 1 aliphatic carbocycles. The van der Waals surface area contributed by atoms with Crippen molar-refractivity contribution in [3.8, 4) is 0 Å². The largest absolute Gasteiger partial charge is 0.371 e. The third-order valence-corrected chi connectivity index (χ3v) is 4.91. The van der Waals surface area contributed by atoms with E-state index < -0.39 is 0 Å². The van der Waals surface area contributed by atoms with E-state index in [2.05, 4.69) is 31.0 Å². The highest BCUT2D eigenvalue weighted by molar-refractivity contribution is 4.94. The Kier molecular flexibility index (Phi) is 3.41. The molecule has 2 saturated heterocycles. The molecule has 3 aliphatic rings. The minimum atomic E-state index is 0.109. The number of hydrogen-bond acceptors (Lipinski definition) is 3. The van der Waals surface area contributed by atoms with Crippen molar-refractivity contribution in [1.82, 2.24) is 10.2 Å². The number of hydrogen-bond donors (Lipinski definition) is 1. The predicted octanol–water partition coefficient (Wildman–Crippen LogP) is 2.02. The Morgan fingerprint density at radius 1 is 1.28 bits per heavy atom. The predicted molar refractivity (Wildman–Crippen MR) is 73.7 cm³/mol. The molecule has 1 N–H and O–H groups in total. The number of piperazine rings is 1. The van der Waals surface area contributed by atoms with Crippen molar-refractivity contribution >= 4 is 0 Å². The topological polar surface area (TPSA) is 24.5 Å². The van der Waals surface area contributed by atoms with Crippen LogP contribution in [0.1, 0.15) is 46.5 Å². The molecule has 0 aromatic carbocycles. The average Bonchev–Trinajstić information content (AvgIpc) is 3.08. The summed E-state index contributed by atoms with van der Waals surface area (Å²) in [4.78, 5) is 2.66. The van der Waals surface area contributed by atoms with E-state index in [0.717, 1.165) is 25.0 Å². The minimum Gasteiger partial charge on any atom is -0.371 e. The zero-order chi connectivity index (χ0) is 12.8. The van der Waals surface area contributed by atoms with Crippen molar-refractivity contribution in [2.75, 3.05) is 19.6 Å². The van der Waals surface area contributed by atoms with Crippen LogP contribution in [0.2, 0.25) is 0 Å². The maximum atomic E-state index is 6.15. The second kappa shape index (κ2) is 4.77. The molecule has 3 heteroatoms. The summed E-state index contributed by atoms with van der Waals surface area (Å²) in [6, 6.07) is 1.41. The Hall–Kier alpha value is -0.120. The molecule has 1 saturated carbocycles. The quantitative estimate of drug-likeness (QED) is 0.831. The van der Waals surface area contributed by atoms with Crippen LogP contribution < -0.4 is 5.32 Å². The smallest absolute Gasteiger partial charge is 0.0710 e. The van der Waals surface area contributed by atoms with Crippen LogP contribution in [0.5, 0.6) is 0 Å². The second-order valence-electron chi connectivity index (χ2n) is 7.19. The lowest BCUT2D eigenvalue weighted by Crippen LogP contribution is -2.57. The van der Waals surface area contributed by atoms with Gasteiger partial charge >= 0.3 is 0 Å². The monoisotopic (exact) mass is 252 g/mol. The van der Waals surface area contributed by atoms with E-state index >= 15 is 0 Å². The fraction of sp³-hybridized carbons (Fsp3) is 1.00. The molecule has 2 heterocycles. The lowest BCUT2D eigenvalue weighted by atomic mass is 10.0. The first-order valence-electron chi connectivity index (χ1n) is 7.69. The lowest BCUT2D eigenvalue weighted by Gasteiger charge is -2.40. The first kappa shape index (κ1) is 12.9. The van der Waals surface area contributed by atoms with Gasteiger partial charge in [0, 0.05) is 31.7 Å². The van der Waals surface area contributed by atoms with Gasteiger partial charge in [-0.3, -0.25) is 4.90 Å². The molecule has 3 rings (SSSR count). The van der Waals surface area contributed by atoms with E-state index in [1.807, 2.05) is 0 Å². The summed E-state index contributed by atoms with van der Waals surface area (Å²) in [5.41, 5.74) is 0.109. The van der Waals surface area contributed by atoms with Crippen LogP contribution >= 0.6 is 0 Å². The van der Waals surface area contributed by atoms with Crippen molar-refractivity contribution in [3.05, 3.63) is 0 Å². The number of nitrogens with one attached hydrogen (secondary N) is 1. The molecule has 2 aliphatic heterocycles. The number of ether oxygens (including phenoxy) is 1. The molecule has 18 heavy (non-hydrogen) atoms. The second-order valence-corrected chi connectivity index (χ2v) is 7.19. The Bertz CT molecular complexity index is 301. The molecule has 0 amide bonds. The fourth-order valence-corrected chi connectivity index (χ4v) is 3.48. The Morgan fingerprint density at radius 3 is 2.67 bits per heavy atom. The molecule has 3 fully saturated rings. The summed E-state index contributed by atoms with van der Waals surface area (Å²) in [5.74, 6) is 0.959. The van der Waals surface area contributed by atoms with Gasteiger partial charge in [-0.2, -0.15) is 0 Å². The van der Waals surface area contributed by atoms with E-state index in [9.17, 15) is 0 Å². The van der Waals surface area contributed by atoms with Gasteiger partial charge < -0.3 is 10.1 Å². The summed E-state index contributed by atoms with van der Waals surface area (Å²) < 4.78 is 6.15. The zero-order valence-electron chi connectivity index (χ0n) is 12.1. The van der Waals surface area contributed by atoms with E-state index in [4.69, 9.17) is 4.74 Å². The van der Waals surface area contributed by atoms with Gasteiger partial charge in [0.05, 0.1) is 11.7 Å². The van der Waals surface area contributed by atoms with E-state index in [1.165, 1.54) is 32.2 Å². The van der Waals surface area contributed by atoms with Crippen molar-refractivity contribution in [1.29, 1.82) is 0 Å². The van der Waals surface area contributed by atoms with Gasteiger partial charge in [0.25, 0.3) is 0 Å². The van der Waals surface area contributed by atoms with Gasteiger partial charge in [0.15, 0.2) is 0 Å². The molecule has 3 nitrogen and oxygen atoms in total. The van der Waals surface area contributed by atoms with Crippen LogP contribution in [0.4, 0.5) is 0 Å². The molecular formula is C15H28N2O. The highest BCUT2D eigenvalue weighted by Gasteiger charge is 2.38. The standard InChI is InChI=1S/C15H28N2O/c1-11-8-16-14(12-4-5-12)10-17(11)9-13-6-7-15(2,3)18-13/h11-14,16H,4-10H2,1-3H3. The van der Waals surface area contributed by atoms with Crippen LogP contribution in [0.25, 0.3) is 0 Å². The minimum absolute atomic E-state index is 0.109. The first-order valence-corrected chi connectivity index (χ1v) is 7.69. The normalized spacial score (nSPS) is 41.2. The molecular weight excluding hydrogens is 224 g/mol. The van der Waals surface area contributed by atoms with Crippen LogP contribution in [-0.2, 0) is 4.74 Å². The summed E-state index contributed by atoms with van der Waals surface area (Å²) in [6.07, 6.45) is 5.78. The highest BCUT2D eigenvalue weighted by Crippen LogP contribution is 2.35. The van der Waals surface area contributed by atoms with Gasteiger partial charge in [-0.15, -0.1) is 0 Å². The number of nitrogens with zero attached hydrogens (tertiary/aromatic N) is 1. The third-order valence-electron chi connectivity index (χ3n) is 4.91. The Labute approximate surface area is 111 Å². The Morgan fingerprint density at radius 2 is 2.06 bits per heavy atom.